The number of ether oxygens (including phenoxy) is 4. The van der Waals surface area contributed by atoms with Crippen molar-refractivity contribution in [2.45, 2.75) is 25.9 Å². The van der Waals surface area contributed by atoms with Crippen molar-refractivity contribution in [3.8, 4) is 11.5 Å². The van der Waals surface area contributed by atoms with E-state index in [1.165, 1.54) is 12.8 Å². The van der Waals surface area contributed by atoms with E-state index < -0.39 is 0 Å². The molecular formula is C16H22O4. The van der Waals surface area contributed by atoms with Gasteiger partial charge in [-0.1, -0.05) is 0 Å². The van der Waals surface area contributed by atoms with E-state index in [4.69, 9.17) is 18.9 Å². The minimum atomic E-state index is 0.286. The molecule has 4 heteroatoms. The van der Waals surface area contributed by atoms with Gasteiger partial charge in [0.2, 0.25) is 0 Å². The molecule has 110 valence electrons. The van der Waals surface area contributed by atoms with Crippen LogP contribution in [-0.2, 0) is 9.47 Å². The summed E-state index contributed by atoms with van der Waals surface area (Å²) in [5, 5.41) is 0. The second-order valence-corrected chi connectivity index (χ2v) is 5.56. The molecule has 20 heavy (non-hydrogen) atoms. The highest BCUT2D eigenvalue weighted by Crippen LogP contribution is 2.28. The van der Waals surface area contributed by atoms with Crippen LogP contribution in [0.2, 0.25) is 0 Å². The van der Waals surface area contributed by atoms with Gasteiger partial charge in [-0.05, 0) is 49.4 Å². The van der Waals surface area contributed by atoms with Crippen molar-refractivity contribution >= 4 is 0 Å². The fourth-order valence-corrected chi connectivity index (χ4v) is 1.97. The summed E-state index contributed by atoms with van der Waals surface area (Å²) >= 11 is 0. The summed E-state index contributed by atoms with van der Waals surface area (Å²) in [6.07, 6.45) is 2.94. The molecule has 1 aliphatic heterocycles. The molecule has 1 aliphatic carbocycles. The molecule has 0 radical (unpaired) electrons. The van der Waals surface area contributed by atoms with Gasteiger partial charge in [-0.15, -0.1) is 0 Å². The van der Waals surface area contributed by atoms with E-state index in [-0.39, 0.29) is 6.10 Å². The van der Waals surface area contributed by atoms with E-state index >= 15 is 0 Å². The molecule has 1 aromatic rings. The fraction of sp³-hybridized carbons (Fsp3) is 0.625. The van der Waals surface area contributed by atoms with Crippen molar-refractivity contribution in [1.29, 1.82) is 0 Å². The van der Waals surface area contributed by atoms with Crippen molar-refractivity contribution in [1.82, 2.24) is 0 Å². The van der Waals surface area contributed by atoms with Crippen LogP contribution >= 0.6 is 0 Å². The van der Waals surface area contributed by atoms with Gasteiger partial charge in [0.1, 0.15) is 30.8 Å². The van der Waals surface area contributed by atoms with E-state index in [0.29, 0.717) is 19.8 Å². The van der Waals surface area contributed by atoms with Crippen LogP contribution in [0.15, 0.2) is 18.2 Å². The van der Waals surface area contributed by atoms with Gasteiger partial charge in [-0.3, -0.25) is 0 Å². The van der Waals surface area contributed by atoms with Gasteiger partial charge in [0.25, 0.3) is 0 Å². The molecule has 0 spiro atoms. The quantitative estimate of drug-likeness (QED) is 0.514. The lowest BCUT2D eigenvalue weighted by Gasteiger charge is -2.11. The molecule has 0 bridgehead atoms. The van der Waals surface area contributed by atoms with E-state index in [1.807, 2.05) is 25.1 Å². The van der Waals surface area contributed by atoms with E-state index in [0.717, 1.165) is 36.2 Å². The van der Waals surface area contributed by atoms with Crippen LogP contribution in [0.1, 0.15) is 18.4 Å². The van der Waals surface area contributed by atoms with Crippen molar-refractivity contribution in [3.05, 3.63) is 23.8 Å². The van der Waals surface area contributed by atoms with Crippen LogP contribution in [0.25, 0.3) is 0 Å². The highest BCUT2D eigenvalue weighted by molar-refractivity contribution is 5.39. The molecule has 4 nitrogen and oxygen atoms in total. The minimum Gasteiger partial charge on any atom is -0.491 e. The Morgan fingerprint density at radius 1 is 1.15 bits per heavy atom. The Morgan fingerprint density at radius 3 is 2.70 bits per heavy atom. The third-order valence-corrected chi connectivity index (χ3v) is 3.52. The molecule has 1 aromatic carbocycles. The first-order valence-corrected chi connectivity index (χ1v) is 7.37. The standard InChI is InChI=1S/C16H22O4/c1-12-8-14(18-7-6-17-9-13-2-3-13)4-5-16(12)20-11-15-10-19-15/h4-5,8,13,15H,2-3,6-7,9-11H2,1H3. The average molecular weight is 278 g/mol. The summed E-state index contributed by atoms with van der Waals surface area (Å²) in [7, 11) is 0. The van der Waals surface area contributed by atoms with Crippen LogP contribution in [0.4, 0.5) is 0 Å². The molecule has 3 rings (SSSR count). The van der Waals surface area contributed by atoms with Gasteiger partial charge in [-0.2, -0.15) is 0 Å². The van der Waals surface area contributed by atoms with Crippen LogP contribution in [0.3, 0.4) is 0 Å². The second-order valence-electron chi connectivity index (χ2n) is 5.56. The van der Waals surface area contributed by atoms with E-state index in [1.54, 1.807) is 0 Å². The number of hydrogen-bond donors (Lipinski definition) is 0. The van der Waals surface area contributed by atoms with Crippen molar-refractivity contribution in [3.63, 3.8) is 0 Å². The van der Waals surface area contributed by atoms with Crippen LogP contribution < -0.4 is 9.47 Å². The van der Waals surface area contributed by atoms with Gasteiger partial charge in [0.05, 0.1) is 13.2 Å². The molecule has 1 saturated carbocycles. The average Bonchev–Trinajstić information content (AvgIpc) is 3.32. The monoisotopic (exact) mass is 278 g/mol. The number of benzene rings is 1. The molecule has 1 atom stereocenters. The van der Waals surface area contributed by atoms with Crippen LogP contribution in [0.5, 0.6) is 11.5 Å². The molecular weight excluding hydrogens is 256 g/mol. The normalized spacial score (nSPS) is 20.8. The third kappa shape index (κ3) is 4.39. The first-order chi connectivity index (χ1) is 9.81. The minimum absolute atomic E-state index is 0.286. The van der Waals surface area contributed by atoms with E-state index in [9.17, 15) is 0 Å². The van der Waals surface area contributed by atoms with Gasteiger partial charge in [-0.25, -0.2) is 0 Å². The zero-order chi connectivity index (χ0) is 13.8. The van der Waals surface area contributed by atoms with E-state index in [2.05, 4.69) is 0 Å². The Kier molecular flexibility index (Phi) is 4.43. The lowest BCUT2D eigenvalue weighted by atomic mass is 10.2. The zero-order valence-corrected chi connectivity index (χ0v) is 12.0. The van der Waals surface area contributed by atoms with Crippen molar-refractivity contribution in [2.24, 2.45) is 5.92 Å². The lowest BCUT2D eigenvalue weighted by molar-refractivity contribution is 0.0927. The summed E-state index contributed by atoms with van der Waals surface area (Å²) in [6, 6.07) is 5.90. The highest BCUT2D eigenvalue weighted by Gasteiger charge is 2.23. The maximum atomic E-state index is 5.69. The second kappa shape index (κ2) is 6.46. The lowest BCUT2D eigenvalue weighted by Crippen LogP contribution is -2.08. The maximum absolute atomic E-state index is 5.69. The maximum Gasteiger partial charge on any atom is 0.122 e. The SMILES string of the molecule is Cc1cc(OCCOCC2CC2)ccc1OCC1CO1. The number of epoxide rings is 1. The molecule has 2 aliphatic rings. The smallest absolute Gasteiger partial charge is 0.122 e. The predicted molar refractivity (Wildman–Crippen MR) is 75.5 cm³/mol. The zero-order valence-electron chi connectivity index (χ0n) is 12.0. The Hall–Kier alpha value is -1.26. The van der Waals surface area contributed by atoms with Crippen molar-refractivity contribution in [2.75, 3.05) is 33.0 Å². The summed E-state index contributed by atoms with van der Waals surface area (Å²) in [6.45, 7) is 5.63. The summed E-state index contributed by atoms with van der Waals surface area (Å²) in [5.41, 5.74) is 1.09. The van der Waals surface area contributed by atoms with Gasteiger partial charge >= 0.3 is 0 Å². The Bertz CT molecular complexity index is 438. The molecule has 1 unspecified atom stereocenters. The highest BCUT2D eigenvalue weighted by atomic mass is 16.6. The number of aryl methyl sites for hydroxylation is 1. The van der Waals surface area contributed by atoms with Gasteiger partial charge in [0, 0.05) is 6.61 Å². The van der Waals surface area contributed by atoms with Crippen LogP contribution in [0, 0.1) is 12.8 Å². The van der Waals surface area contributed by atoms with Gasteiger partial charge < -0.3 is 18.9 Å². The topological polar surface area (TPSA) is 40.2 Å². The summed E-state index contributed by atoms with van der Waals surface area (Å²) in [4.78, 5) is 0. The Labute approximate surface area is 120 Å². The van der Waals surface area contributed by atoms with Gasteiger partial charge in [0.15, 0.2) is 0 Å². The fourth-order valence-electron chi connectivity index (χ4n) is 1.97. The summed E-state index contributed by atoms with van der Waals surface area (Å²) < 4.78 is 22.0. The van der Waals surface area contributed by atoms with Crippen molar-refractivity contribution < 1.29 is 18.9 Å². The summed E-state index contributed by atoms with van der Waals surface area (Å²) in [5.74, 6) is 2.58. The largest absolute Gasteiger partial charge is 0.491 e. The molecule has 1 heterocycles. The first kappa shape index (κ1) is 13.7. The molecule has 2 fully saturated rings. The predicted octanol–water partition coefficient (Wildman–Crippen LogP) is 2.58. The molecule has 1 saturated heterocycles. The molecule has 0 amide bonds. The number of hydrogen-bond acceptors (Lipinski definition) is 4. The molecule has 0 aromatic heterocycles. The molecule has 0 N–H and O–H groups in total. The number of rotatable bonds is 9. The Morgan fingerprint density at radius 2 is 2.00 bits per heavy atom. The first-order valence-electron chi connectivity index (χ1n) is 7.37. The van der Waals surface area contributed by atoms with Crippen LogP contribution in [-0.4, -0.2) is 39.1 Å². The third-order valence-electron chi connectivity index (χ3n) is 3.52. The Balaban J connectivity index is 1.38.